The number of carbonyl (C=O) groups excluding carboxylic acids is 1. The van der Waals surface area contributed by atoms with Crippen LogP contribution in [0.1, 0.15) is 29.0 Å². The van der Waals surface area contributed by atoms with Gasteiger partial charge in [0.15, 0.2) is 0 Å². The zero-order chi connectivity index (χ0) is 17.3. The number of rotatable bonds is 4. The molecule has 0 bridgehead atoms. The molecule has 1 aromatic carbocycles. The van der Waals surface area contributed by atoms with E-state index in [9.17, 15) is 13.2 Å². The van der Waals surface area contributed by atoms with Crippen LogP contribution in [0.4, 0.5) is 0 Å². The first-order valence-corrected chi connectivity index (χ1v) is 10.1. The Bertz CT molecular complexity index is 858. The van der Waals surface area contributed by atoms with E-state index in [2.05, 4.69) is 5.32 Å². The normalized spacial score (nSPS) is 19.2. The number of nitrogens with zero attached hydrogens (tertiary/aromatic N) is 1. The molecule has 2 heterocycles. The van der Waals surface area contributed by atoms with Crippen molar-refractivity contribution in [3.63, 3.8) is 0 Å². The van der Waals surface area contributed by atoms with Gasteiger partial charge in [0.05, 0.1) is 0 Å². The Morgan fingerprint density at radius 1 is 1.25 bits per heavy atom. The summed E-state index contributed by atoms with van der Waals surface area (Å²) in [5, 5.41) is 2.79. The largest absolute Gasteiger partial charge is 0.353 e. The monoisotopic (exact) mass is 364 g/mol. The van der Waals surface area contributed by atoms with Crippen LogP contribution in [0.25, 0.3) is 0 Å². The van der Waals surface area contributed by atoms with Gasteiger partial charge in [-0.05, 0) is 36.6 Å². The van der Waals surface area contributed by atoms with Crippen LogP contribution in [0.5, 0.6) is 0 Å². The van der Waals surface area contributed by atoms with Crippen LogP contribution in [-0.4, -0.2) is 31.7 Å². The fourth-order valence-electron chi connectivity index (χ4n) is 2.90. The van der Waals surface area contributed by atoms with E-state index in [0.29, 0.717) is 10.8 Å². The van der Waals surface area contributed by atoms with Crippen LogP contribution >= 0.6 is 11.3 Å². The van der Waals surface area contributed by atoms with Crippen molar-refractivity contribution in [2.45, 2.75) is 30.5 Å². The van der Waals surface area contributed by atoms with Gasteiger partial charge in [-0.15, -0.1) is 11.3 Å². The molecule has 1 aliphatic rings. The first kappa shape index (κ1) is 17.1. The van der Waals surface area contributed by atoms with Crippen LogP contribution in [0.2, 0.25) is 0 Å². The first-order chi connectivity index (χ1) is 11.4. The second-order valence-electron chi connectivity index (χ2n) is 5.74. The lowest BCUT2D eigenvalue weighted by molar-refractivity contribution is -0.126. The number of sulfonamides is 1. The zero-order valence-corrected chi connectivity index (χ0v) is 15.3. The number of hydrogen-bond donors (Lipinski definition) is 1. The lowest BCUT2D eigenvalue weighted by atomic mass is 9.99. The Balaban J connectivity index is 2.06. The van der Waals surface area contributed by atoms with E-state index in [4.69, 9.17) is 0 Å². The van der Waals surface area contributed by atoms with E-state index in [1.54, 1.807) is 6.07 Å². The van der Waals surface area contributed by atoms with Crippen LogP contribution in [0, 0.1) is 6.92 Å². The average Bonchev–Trinajstić information content (AvgIpc) is 3.05. The summed E-state index contributed by atoms with van der Waals surface area (Å²) in [6.45, 7) is 4.48. The molecule has 2 aromatic rings. The third kappa shape index (κ3) is 2.99. The number of benzene rings is 1. The van der Waals surface area contributed by atoms with Gasteiger partial charge >= 0.3 is 0 Å². The van der Waals surface area contributed by atoms with E-state index >= 15 is 0 Å². The molecule has 1 saturated heterocycles. The molecule has 0 saturated carbocycles. The molecule has 1 aliphatic heterocycles. The van der Waals surface area contributed by atoms with Crippen molar-refractivity contribution in [2.24, 2.45) is 0 Å². The van der Waals surface area contributed by atoms with Crippen molar-refractivity contribution >= 4 is 27.3 Å². The van der Waals surface area contributed by atoms with Crippen molar-refractivity contribution in [3.8, 4) is 0 Å². The van der Waals surface area contributed by atoms with Crippen LogP contribution < -0.4 is 5.32 Å². The molecule has 1 atom stereocenters. The summed E-state index contributed by atoms with van der Waals surface area (Å²) >= 11 is 1.27. The van der Waals surface area contributed by atoms with E-state index in [1.165, 1.54) is 15.6 Å². The summed E-state index contributed by atoms with van der Waals surface area (Å²) in [6.07, 6.45) is 0.794. The molecule has 0 radical (unpaired) electrons. The topological polar surface area (TPSA) is 66.5 Å². The highest BCUT2D eigenvalue weighted by Gasteiger charge is 2.40. The van der Waals surface area contributed by atoms with Crippen molar-refractivity contribution in [2.75, 3.05) is 13.1 Å². The minimum atomic E-state index is -3.71. The second kappa shape index (κ2) is 6.66. The molecular formula is C17H20N2O3S2. The maximum Gasteiger partial charge on any atom is 0.253 e. The molecule has 1 N–H and O–H groups in total. The summed E-state index contributed by atoms with van der Waals surface area (Å²) in [5.41, 5.74) is 1.63. The molecule has 0 unspecified atom stereocenters. The van der Waals surface area contributed by atoms with Crippen LogP contribution in [0.15, 0.2) is 40.6 Å². The number of piperazine rings is 1. The highest BCUT2D eigenvalue weighted by atomic mass is 32.2. The minimum absolute atomic E-state index is 0.270. The van der Waals surface area contributed by atoms with Crippen molar-refractivity contribution < 1.29 is 13.2 Å². The number of aryl methyl sites for hydroxylation is 2. The second-order valence-corrected chi connectivity index (χ2v) is 9.03. The summed E-state index contributed by atoms with van der Waals surface area (Å²) in [7, 11) is -3.71. The molecule has 7 heteroatoms. The number of hydrogen-bond acceptors (Lipinski definition) is 4. The molecule has 0 aliphatic carbocycles. The van der Waals surface area contributed by atoms with Crippen molar-refractivity contribution in [1.29, 1.82) is 0 Å². The van der Waals surface area contributed by atoms with Gasteiger partial charge in [0, 0.05) is 18.0 Å². The molecule has 1 amide bonds. The minimum Gasteiger partial charge on any atom is -0.353 e. The smallest absolute Gasteiger partial charge is 0.253 e. The molecular weight excluding hydrogens is 344 g/mol. The molecule has 5 nitrogen and oxygen atoms in total. The van der Waals surface area contributed by atoms with Gasteiger partial charge in [0.25, 0.3) is 10.0 Å². The summed E-state index contributed by atoms with van der Waals surface area (Å²) in [4.78, 5) is 13.5. The Labute approximate surface area is 146 Å². The lowest BCUT2D eigenvalue weighted by Crippen LogP contribution is -2.52. The number of carbonyl (C=O) groups is 1. The van der Waals surface area contributed by atoms with E-state index < -0.39 is 16.1 Å². The Kier molecular flexibility index (Phi) is 4.76. The van der Waals surface area contributed by atoms with E-state index in [-0.39, 0.29) is 12.5 Å². The molecule has 128 valence electrons. The highest BCUT2D eigenvalue weighted by Crippen LogP contribution is 2.33. The van der Waals surface area contributed by atoms with Gasteiger partial charge in [0.1, 0.15) is 10.3 Å². The third-order valence-electron chi connectivity index (χ3n) is 4.20. The SMILES string of the molecule is CCc1ccc(S(=O)(=O)N2CCNC(=O)[C@H]2c2ccccc2C)s1. The molecule has 1 fully saturated rings. The van der Waals surface area contributed by atoms with Crippen molar-refractivity contribution in [1.82, 2.24) is 9.62 Å². The highest BCUT2D eigenvalue weighted by molar-refractivity contribution is 7.91. The number of thiophene rings is 1. The number of nitrogens with one attached hydrogen (secondary N) is 1. The molecule has 0 spiro atoms. The van der Waals surface area contributed by atoms with Gasteiger partial charge in [-0.1, -0.05) is 31.2 Å². The average molecular weight is 364 g/mol. The molecule has 24 heavy (non-hydrogen) atoms. The predicted molar refractivity (Wildman–Crippen MR) is 94.5 cm³/mol. The molecule has 3 rings (SSSR count). The van der Waals surface area contributed by atoms with Gasteiger partial charge < -0.3 is 5.32 Å². The Morgan fingerprint density at radius 2 is 2.00 bits per heavy atom. The maximum absolute atomic E-state index is 13.1. The maximum atomic E-state index is 13.1. The van der Waals surface area contributed by atoms with Gasteiger partial charge in [-0.2, -0.15) is 4.31 Å². The fourth-order valence-corrected chi connectivity index (χ4v) is 5.89. The first-order valence-electron chi connectivity index (χ1n) is 7.89. The van der Waals surface area contributed by atoms with Crippen LogP contribution in [-0.2, 0) is 21.2 Å². The zero-order valence-electron chi connectivity index (χ0n) is 13.7. The quantitative estimate of drug-likeness (QED) is 0.906. The number of amides is 1. The lowest BCUT2D eigenvalue weighted by Gasteiger charge is -2.34. The molecule has 1 aromatic heterocycles. The van der Waals surface area contributed by atoms with Gasteiger partial charge in [0.2, 0.25) is 5.91 Å². The standard InChI is InChI=1S/C17H20N2O3S2/c1-3-13-8-9-15(23-13)24(21,22)19-11-10-18-17(20)16(19)14-7-5-4-6-12(14)2/h4-9,16H,3,10-11H2,1-2H3,(H,18,20)/t16-/m1/s1. The Hall–Kier alpha value is -1.70. The summed E-state index contributed by atoms with van der Waals surface area (Å²) in [5.74, 6) is -0.272. The predicted octanol–water partition coefficient (Wildman–Crippen LogP) is 2.48. The summed E-state index contributed by atoms with van der Waals surface area (Å²) < 4.78 is 27.9. The van der Waals surface area contributed by atoms with E-state index in [0.717, 1.165) is 22.4 Å². The van der Waals surface area contributed by atoms with Crippen molar-refractivity contribution in [3.05, 3.63) is 52.4 Å². The van der Waals surface area contributed by atoms with Gasteiger partial charge in [-0.3, -0.25) is 4.79 Å². The third-order valence-corrected chi connectivity index (χ3v) is 7.76. The van der Waals surface area contributed by atoms with E-state index in [1.807, 2.05) is 44.2 Å². The Morgan fingerprint density at radius 3 is 2.67 bits per heavy atom. The summed E-state index contributed by atoms with van der Waals surface area (Å²) in [6, 6.07) is 10.1. The fraction of sp³-hybridized carbons (Fsp3) is 0.353. The van der Waals surface area contributed by atoms with Crippen LogP contribution in [0.3, 0.4) is 0 Å². The van der Waals surface area contributed by atoms with Gasteiger partial charge in [-0.25, -0.2) is 8.42 Å².